The summed E-state index contributed by atoms with van der Waals surface area (Å²) in [5.41, 5.74) is 0.0893. The summed E-state index contributed by atoms with van der Waals surface area (Å²) in [5, 5.41) is 3.63. The van der Waals surface area contributed by atoms with Crippen LogP contribution in [0.5, 0.6) is 0 Å². The van der Waals surface area contributed by atoms with E-state index in [0.29, 0.717) is 12.2 Å². The van der Waals surface area contributed by atoms with E-state index < -0.39 is 0 Å². The van der Waals surface area contributed by atoms with E-state index in [1.165, 1.54) is 64.2 Å². The first-order valence-electron chi connectivity index (χ1n) is 9.19. The molecule has 124 valence electrons. The van der Waals surface area contributed by atoms with Crippen molar-refractivity contribution < 1.29 is 9.47 Å². The fourth-order valence-corrected chi connectivity index (χ4v) is 3.98. The molecule has 0 radical (unpaired) electrons. The second-order valence-electron chi connectivity index (χ2n) is 7.04. The molecule has 2 rings (SSSR count). The maximum Gasteiger partial charge on any atom is 0.0810 e. The molecule has 0 heterocycles. The van der Waals surface area contributed by atoms with Gasteiger partial charge in [0.05, 0.1) is 17.8 Å². The van der Waals surface area contributed by atoms with E-state index in [-0.39, 0.29) is 5.60 Å². The third-order valence-electron chi connectivity index (χ3n) is 5.22. The molecule has 0 aromatic carbocycles. The maximum absolute atomic E-state index is 6.74. The van der Waals surface area contributed by atoms with E-state index in [1.807, 2.05) is 7.11 Å². The number of ether oxygens (including phenoxy) is 2. The van der Waals surface area contributed by atoms with Crippen molar-refractivity contribution >= 4 is 0 Å². The van der Waals surface area contributed by atoms with Crippen molar-refractivity contribution in [2.45, 2.75) is 95.4 Å². The Balaban J connectivity index is 1.93. The van der Waals surface area contributed by atoms with Crippen molar-refractivity contribution in [1.29, 1.82) is 0 Å². The van der Waals surface area contributed by atoms with Gasteiger partial charge in [-0.1, -0.05) is 32.6 Å². The summed E-state index contributed by atoms with van der Waals surface area (Å²) >= 11 is 0. The van der Waals surface area contributed by atoms with E-state index in [4.69, 9.17) is 9.47 Å². The Hall–Kier alpha value is -0.120. The average Bonchev–Trinajstić information content (AvgIpc) is 2.74. The summed E-state index contributed by atoms with van der Waals surface area (Å²) in [6, 6.07) is 0. The van der Waals surface area contributed by atoms with Gasteiger partial charge < -0.3 is 14.8 Å². The van der Waals surface area contributed by atoms with E-state index in [0.717, 1.165) is 19.5 Å². The van der Waals surface area contributed by atoms with Gasteiger partial charge in [-0.2, -0.15) is 0 Å². The molecule has 0 amide bonds. The SMILES string of the molecule is CCCNCC1(OC2CCCC(OC)C2)CCCCCC1. The first kappa shape index (κ1) is 17.2. The lowest BCUT2D eigenvalue weighted by Gasteiger charge is -2.39. The monoisotopic (exact) mass is 297 g/mol. The molecule has 3 nitrogen and oxygen atoms in total. The Morgan fingerprint density at radius 2 is 1.71 bits per heavy atom. The summed E-state index contributed by atoms with van der Waals surface area (Å²) < 4.78 is 12.3. The van der Waals surface area contributed by atoms with Crippen LogP contribution in [-0.2, 0) is 9.47 Å². The number of methoxy groups -OCH3 is 1. The van der Waals surface area contributed by atoms with Gasteiger partial charge in [-0.3, -0.25) is 0 Å². The van der Waals surface area contributed by atoms with Gasteiger partial charge in [-0.25, -0.2) is 0 Å². The average molecular weight is 297 g/mol. The molecule has 2 atom stereocenters. The zero-order chi connectivity index (χ0) is 15.0. The highest BCUT2D eigenvalue weighted by Crippen LogP contribution is 2.34. The predicted molar refractivity (Wildman–Crippen MR) is 87.7 cm³/mol. The Morgan fingerprint density at radius 1 is 1.00 bits per heavy atom. The number of rotatable bonds is 7. The van der Waals surface area contributed by atoms with Crippen LogP contribution in [0.4, 0.5) is 0 Å². The van der Waals surface area contributed by atoms with Crippen molar-refractivity contribution in [3.8, 4) is 0 Å². The van der Waals surface area contributed by atoms with Gasteiger partial charge in [0.25, 0.3) is 0 Å². The molecule has 2 aliphatic carbocycles. The maximum atomic E-state index is 6.74. The Morgan fingerprint density at radius 3 is 2.38 bits per heavy atom. The molecular formula is C18H35NO2. The topological polar surface area (TPSA) is 30.5 Å². The Labute approximate surface area is 131 Å². The second-order valence-corrected chi connectivity index (χ2v) is 7.04. The highest BCUT2D eigenvalue weighted by Gasteiger charge is 2.35. The number of hydrogen-bond acceptors (Lipinski definition) is 3. The van der Waals surface area contributed by atoms with Gasteiger partial charge in [0.2, 0.25) is 0 Å². The van der Waals surface area contributed by atoms with Crippen molar-refractivity contribution in [2.24, 2.45) is 0 Å². The zero-order valence-corrected chi connectivity index (χ0v) is 14.2. The quantitative estimate of drug-likeness (QED) is 0.568. The molecule has 0 saturated heterocycles. The lowest BCUT2D eigenvalue weighted by Crippen LogP contribution is -2.46. The summed E-state index contributed by atoms with van der Waals surface area (Å²) in [4.78, 5) is 0. The molecule has 0 aromatic heterocycles. The van der Waals surface area contributed by atoms with Crippen LogP contribution in [0.1, 0.15) is 77.6 Å². The summed E-state index contributed by atoms with van der Waals surface area (Å²) in [6.45, 7) is 4.38. The van der Waals surface area contributed by atoms with E-state index in [2.05, 4.69) is 12.2 Å². The van der Waals surface area contributed by atoms with Crippen LogP contribution >= 0.6 is 0 Å². The highest BCUT2D eigenvalue weighted by molar-refractivity contribution is 4.88. The van der Waals surface area contributed by atoms with Gasteiger partial charge in [0.15, 0.2) is 0 Å². The summed E-state index contributed by atoms with van der Waals surface area (Å²) in [5.74, 6) is 0. The molecule has 2 unspecified atom stereocenters. The van der Waals surface area contributed by atoms with E-state index >= 15 is 0 Å². The smallest absolute Gasteiger partial charge is 0.0810 e. The minimum atomic E-state index is 0.0893. The fourth-order valence-electron chi connectivity index (χ4n) is 3.98. The van der Waals surface area contributed by atoms with Crippen molar-refractivity contribution in [3.05, 3.63) is 0 Å². The summed E-state index contributed by atoms with van der Waals surface area (Å²) in [6.07, 6.45) is 14.7. The molecule has 3 heteroatoms. The third kappa shape index (κ3) is 5.54. The van der Waals surface area contributed by atoms with Crippen molar-refractivity contribution in [1.82, 2.24) is 5.32 Å². The molecule has 2 fully saturated rings. The fraction of sp³-hybridized carbons (Fsp3) is 1.00. The standard InChI is InChI=1S/C18H35NO2/c1-3-13-19-15-18(11-6-4-5-7-12-18)21-17-10-8-9-16(14-17)20-2/h16-17,19H,3-15H2,1-2H3. The van der Waals surface area contributed by atoms with Crippen molar-refractivity contribution in [2.75, 3.05) is 20.2 Å². The Bertz CT molecular complexity index is 274. The molecule has 0 aromatic rings. The van der Waals surface area contributed by atoms with Crippen LogP contribution in [0.25, 0.3) is 0 Å². The molecule has 2 aliphatic rings. The Kier molecular flexibility index (Phi) is 7.48. The van der Waals surface area contributed by atoms with Gasteiger partial charge in [-0.05, 0) is 51.5 Å². The molecule has 2 saturated carbocycles. The van der Waals surface area contributed by atoms with E-state index in [1.54, 1.807) is 0 Å². The second kappa shape index (κ2) is 9.12. The van der Waals surface area contributed by atoms with E-state index in [9.17, 15) is 0 Å². The van der Waals surface area contributed by atoms with Crippen LogP contribution in [0.15, 0.2) is 0 Å². The normalized spacial score (nSPS) is 30.0. The largest absolute Gasteiger partial charge is 0.381 e. The van der Waals surface area contributed by atoms with Crippen LogP contribution in [-0.4, -0.2) is 38.0 Å². The molecule has 1 N–H and O–H groups in total. The van der Waals surface area contributed by atoms with Gasteiger partial charge in [-0.15, -0.1) is 0 Å². The highest BCUT2D eigenvalue weighted by atomic mass is 16.5. The molecule has 0 bridgehead atoms. The molecule has 21 heavy (non-hydrogen) atoms. The lowest BCUT2D eigenvalue weighted by atomic mass is 9.90. The van der Waals surface area contributed by atoms with Gasteiger partial charge in [0, 0.05) is 13.7 Å². The zero-order valence-electron chi connectivity index (χ0n) is 14.2. The minimum absolute atomic E-state index is 0.0893. The van der Waals surface area contributed by atoms with Crippen LogP contribution in [0.3, 0.4) is 0 Å². The van der Waals surface area contributed by atoms with Gasteiger partial charge >= 0.3 is 0 Å². The predicted octanol–water partition coefficient (Wildman–Crippen LogP) is 4.05. The molecule has 0 aliphatic heterocycles. The van der Waals surface area contributed by atoms with Crippen LogP contribution in [0.2, 0.25) is 0 Å². The van der Waals surface area contributed by atoms with Crippen LogP contribution < -0.4 is 5.32 Å². The number of nitrogens with one attached hydrogen (secondary N) is 1. The molecule has 0 spiro atoms. The lowest BCUT2D eigenvalue weighted by molar-refractivity contribution is -0.128. The van der Waals surface area contributed by atoms with Crippen molar-refractivity contribution in [3.63, 3.8) is 0 Å². The number of hydrogen-bond donors (Lipinski definition) is 1. The first-order chi connectivity index (χ1) is 10.3. The molecular weight excluding hydrogens is 262 g/mol. The third-order valence-corrected chi connectivity index (χ3v) is 5.22. The minimum Gasteiger partial charge on any atom is -0.381 e. The van der Waals surface area contributed by atoms with Gasteiger partial charge in [0.1, 0.15) is 0 Å². The summed E-state index contributed by atoms with van der Waals surface area (Å²) in [7, 11) is 1.84. The van der Waals surface area contributed by atoms with Crippen LogP contribution in [0, 0.1) is 0 Å². The first-order valence-corrected chi connectivity index (χ1v) is 9.19.